The number of ether oxygens (including phenoxy) is 4. The van der Waals surface area contributed by atoms with Gasteiger partial charge in [0.25, 0.3) is 0 Å². The van der Waals surface area contributed by atoms with Gasteiger partial charge < -0.3 is 24.1 Å². The van der Waals surface area contributed by atoms with E-state index in [9.17, 15) is 5.11 Å². The van der Waals surface area contributed by atoms with Gasteiger partial charge in [0, 0.05) is 18.1 Å². The van der Waals surface area contributed by atoms with Crippen LogP contribution in [0.1, 0.15) is 59.3 Å². The van der Waals surface area contributed by atoms with E-state index in [0.29, 0.717) is 13.2 Å². The molecule has 5 atom stereocenters. The van der Waals surface area contributed by atoms with Crippen LogP contribution in [0.15, 0.2) is 5.11 Å². The molecule has 0 radical (unpaired) electrons. The molecular weight excluding hydrogens is 326 g/mol. The lowest BCUT2D eigenvalue weighted by molar-refractivity contribution is -0.271. The lowest BCUT2D eigenvalue weighted by atomic mass is 10.00. The Morgan fingerprint density at radius 2 is 1.72 bits per heavy atom. The predicted molar refractivity (Wildman–Crippen MR) is 91.8 cm³/mol. The third-order valence-electron chi connectivity index (χ3n) is 4.60. The highest BCUT2D eigenvalue weighted by Crippen LogP contribution is 2.37. The van der Waals surface area contributed by atoms with E-state index in [1.165, 1.54) is 0 Å². The van der Waals surface area contributed by atoms with Crippen molar-refractivity contribution < 1.29 is 24.1 Å². The fourth-order valence-corrected chi connectivity index (χ4v) is 3.30. The van der Waals surface area contributed by atoms with Crippen LogP contribution in [-0.2, 0) is 18.9 Å². The van der Waals surface area contributed by atoms with Crippen LogP contribution in [0.5, 0.6) is 0 Å². The molecule has 144 valence electrons. The molecule has 0 aromatic rings. The van der Waals surface area contributed by atoms with Crippen LogP contribution in [-0.4, -0.2) is 54.8 Å². The molecule has 2 fully saturated rings. The fourth-order valence-electron chi connectivity index (χ4n) is 3.30. The first-order valence-electron chi connectivity index (χ1n) is 9.26. The number of azide groups is 1. The lowest BCUT2D eigenvalue weighted by Crippen LogP contribution is -2.56. The zero-order valence-electron chi connectivity index (χ0n) is 15.5. The predicted octanol–water partition coefficient (Wildman–Crippen LogP) is 3.28. The number of fused-ring (bicyclic) bond motifs is 1. The molecular formula is C17H31N3O5. The van der Waals surface area contributed by atoms with Crippen LogP contribution in [0.25, 0.3) is 10.4 Å². The summed E-state index contributed by atoms with van der Waals surface area (Å²) < 4.78 is 23.3. The molecule has 8 nitrogen and oxygen atoms in total. The normalized spacial score (nSPS) is 33.7. The quantitative estimate of drug-likeness (QED) is 0.279. The summed E-state index contributed by atoms with van der Waals surface area (Å²) in [5.41, 5.74) is 8.19. The molecule has 1 N–H and O–H groups in total. The molecule has 0 saturated carbocycles. The minimum atomic E-state index is -0.735. The molecule has 2 aliphatic heterocycles. The molecule has 0 aliphatic carbocycles. The molecule has 2 heterocycles. The van der Waals surface area contributed by atoms with E-state index in [1.807, 2.05) is 20.8 Å². The van der Waals surface area contributed by atoms with Crippen molar-refractivity contribution in [3.63, 3.8) is 0 Å². The molecule has 0 bridgehead atoms. The van der Waals surface area contributed by atoms with Crippen LogP contribution in [0.3, 0.4) is 0 Å². The van der Waals surface area contributed by atoms with Gasteiger partial charge in [0.2, 0.25) is 0 Å². The van der Waals surface area contributed by atoms with Gasteiger partial charge in [-0.25, -0.2) is 0 Å². The van der Waals surface area contributed by atoms with Crippen LogP contribution in [0.2, 0.25) is 0 Å². The number of hydrogen-bond acceptors (Lipinski definition) is 6. The Morgan fingerprint density at radius 1 is 1.08 bits per heavy atom. The number of hydrogen-bond donors (Lipinski definition) is 1. The van der Waals surface area contributed by atoms with E-state index in [1.54, 1.807) is 0 Å². The molecule has 0 aromatic heterocycles. The summed E-state index contributed by atoms with van der Waals surface area (Å²) in [5, 5.41) is 13.8. The Morgan fingerprint density at radius 3 is 2.44 bits per heavy atom. The van der Waals surface area contributed by atoms with Gasteiger partial charge in [0.15, 0.2) is 12.1 Å². The van der Waals surface area contributed by atoms with Gasteiger partial charge in [-0.2, -0.15) is 0 Å². The van der Waals surface area contributed by atoms with E-state index in [0.717, 1.165) is 38.5 Å². The third kappa shape index (κ3) is 6.09. The molecule has 0 amide bonds. The maximum Gasteiger partial charge on any atom is 0.186 e. The first-order valence-corrected chi connectivity index (χ1v) is 9.26. The van der Waals surface area contributed by atoms with Crippen molar-refractivity contribution in [3.8, 4) is 0 Å². The molecule has 2 rings (SSSR count). The Balaban J connectivity index is 1.62. The Bertz CT molecular complexity index is 456. The number of nitrogens with zero attached hydrogens (tertiary/aromatic N) is 3. The molecule has 0 aromatic carbocycles. The minimum Gasteiger partial charge on any atom is -0.388 e. The Labute approximate surface area is 149 Å². The van der Waals surface area contributed by atoms with Gasteiger partial charge in [-0.1, -0.05) is 30.8 Å². The van der Waals surface area contributed by atoms with E-state index >= 15 is 0 Å². The second kappa shape index (κ2) is 9.71. The van der Waals surface area contributed by atoms with Crippen molar-refractivity contribution in [2.24, 2.45) is 5.11 Å². The fraction of sp³-hybridized carbons (Fsp3) is 1.00. The lowest BCUT2D eigenvalue weighted by Gasteiger charge is -2.38. The number of aliphatic hydroxyl groups excluding tert-OH is 1. The van der Waals surface area contributed by atoms with E-state index in [-0.39, 0.29) is 6.10 Å². The highest BCUT2D eigenvalue weighted by molar-refractivity contribution is 4.94. The summed E-state index contributed by atoms with van der Waals surface area (Å²) in [6, 6.07) is 0. The van der Waals surface area contributed by atoms with E-state index in [4.69, 9.17) is 24.5 Å². The number of unbranched alkanes of at least 4 members (excludes halogenated alkanes) is 5. The maximum absolute atomic E-state index is 10.2. The van der Waals surface area contributed by atoms with Gasteiger partial charge in [-0.3, -0.25) is 0 Å². The van der Waals surface area contributed by atoms with Crippen LogP contribution < -0.4 is 0 Å². The van der Waals surface area contributed by atoms with Crippen molar-refractivity contribution >= 4 is 0 Å². The average molecular weight is 357 g/mol. The standard InChI is InChI=1S/C17H31N3O5/c1-12-13(21)14-15(25-17(2,3)24-14)16(23-12)22-11-9-7-5-4-6-8-10-19-20-18/h12-16,21H,4-11H2,1-3H3/t12-,13-,14+,15-,16+/m0/s1. The van der Waals surface area contributed by atoms with Crippen LogP contribution in [0, 0.1) is 0 Å². The molecule has 8 heteroatoms. The van der Waals surface area contributed by atoms with Crippen molar-refractivity contribution in [2.75, 3.05) is 13.2 Å². The second-order valence-corrected chi connectivity index (χ2v) is 7.21. The van der Waals surface area contributed by atoms with Crippen LogP contribution in [0.4, 0.5) is 0 Å². The summed E-state index contributed by atoms with van der Waals surface area (Å²) in [6.07, 6.45) is 3.97. The highest BCUT2D eigenvalue weighted by Gasteiger charge is 2.54. The summed E-state index contributed by atoms with van der Waals surface area (Å²) in [4.78, 5) is 2.74. The molecule has 2 saturated heterocycles. The summed E-state index contributed by atoms with van der Waals surface area (Å²) in [5.74, 6) is -0.735. The summed E-state index contributed by atoms with van der Waals surface area (Å²) in [6.45, 7) is 6.68. The van der Waals surface area contributed by atoms with Crippen molar-refractivity contribution in [1.29, 1.82) is 0 Å². The van der Waals surface area contributed by atoms with Gasteiger partial charge in [0.05, 0.1) is 6.10 Å². The van der Waals surface area contributed by atoms with E-state index < -0.39 is 30.4 Å². The molecule has 2 aliphatic rings. The van der Waals surface area contributed by atoms with Crippen molar-refractivity contribution in [2.45, 2.75) is 95.8 Å². The van der Waals surface area contributed by atoms with Crippen LogP contribution >= 0.6 is 0 Å². The summed E-state index contributed by atoms with van der Waals surface area (Å²) >= 11 is 0. The third-order valence-corrected chi connectivity index (χ3v) is 4.60. The van der Waals surface area contributed by atoms with Gasteiger partial charge in [-0.15, -0.1) is 0 Å². The zero-order valence-corrected chi connectivity index (χ0v) is 15.5. The monoisotopic (exact) mass is 357 g/mol. The summed E-state index contributed by atoms with van der Waals surface area (Å²) in [7, 11) is 0. The first-order chi connectivity index (χ1) is 11.9. The number of aliphatic hydroxyl groups is 1. The molecule has 0 unspecified atom stereocenters. The van der Waals surface area contributed by atoms with Gasteiger partial charge in [0.1, 0.15) is 18.3 Å². The highest BCUT2D eigenvalue weighted by atomic mass is 16.8. The second-order valence-electron chi connectivity index (χ2n) is 7.21. The number of rotatable bonds is 10. The maximum atomic E-state index is 10.2. The first kappa shape index (κ1) is 20.4. The Kier molecular flexibility index (Phi) is 7.93. The minimum absolute atomic E-state index is 0.347. The average Bonchev–Trinajstić information content (AvgIpc) is 2.89. The van der Waals surface area contributed by atoms with E-state index in [2.05, 4.69) is 10.0 Å². The molecule has 25 heavy (non-hydrogen) atoms. The van der Waals surface area contributed by atoms with Gasteiger partial charge in [-0.05, 0) is 39.1 Å². The molecule has 0 spiro atoms. The van der Waals surface area contributed by atoms with Crippen molar-refractivity contribution in [3.05, 3.63) is 10.4 Å². The van der Waals surface area contributed by atoms with Gasteiger partial charge >= 0.3 is 0 Å². The SMILES string of the molecule is C[C@@H]1O[C@@H](OCCCCCCCCN=[N+]=[N-])[C@H]2OC(C)(C)O[C@@H]2[C@H]1O. The largest absolute Gasteiger partial charge is 0.388 e. The topological polar surface area (TPSA) is 106 Å². The Hall–Kier alpha value is -0.890. The van der Waals surface area contributed by atoms with Crippen molar-refractivity contribution in [1.82, 2.24) is 0 Å². The smallest absolute Gasteiger partial charge is 0.186 e. The zero-order chi connectivity index (χ0) is 18.3.